The summed E-state index contributed by atoms with van der Waals surface area (Å²) in [5, 5.41) is 0. The number of carbonyl (C=O) groups excluding carboxylic acids is 1. The summed E-state index contributed by atoms with van der Waals surface area (Å²) in [5.41, 5.74) is 2.10. The quantitative estimate of drug-likeness (QED) is 0.780. The van der Waals surface area contributed by atoms with Crippen molar-refractivity contribution in [3.05, 3.63) is 47.5 Å². The van der Waals surface area contributed by atoms with E-state index in [0.29, 0.717) is 19.4 Å². The van der Waals surface area contributed by atoms with E-state index in [1.807, 2.05) is 55.1 Å². The second-order valence-electron chi connectivity index (χ2n) is 6.99. The molecule has 0 atom stereocenters. The molecule has 0 bridgehead atoms. The van der Waals surface area contributed by atoms with Gasteiger partial charge in [0, 0.05) is 19.0 Å². The van der Waals surface area contributed by atoms with Crippen LogP contribution in [0.15, 0.2) is 36.4 Å². The number of benzene rings is 2. The maximum absolute atomic E-state index is 12.8. The zero-order valence-corrected chi connectivity index (χ0v) is 15.6. The van der Waals surface area contributed by atoms with E-state index in [-0.39, 0.29) is 25.5 Å². The van der Waals surface area contributed by atoms with Gasteiger partial charge in [0.25, 0.3) is 0 Å². The Morgan fingerprint density at radius 3 is 2.07 bits per heavy atom. The lowest BCUT2D eigenvalue weighted by molar-refractivity contribution is -0.133. The maximum Gasteiger partial charge on any atom is 0.231 e. The fourth-order valence-electron chi connectivity index (χ4n) is 3.29. The number of amides is 1. The van der Waals surface area contributed by atoms with Crippen LogP contribution in [0.4, 0.5) is 0 Å². The molecular weight excluding hydrogens is 346 g/mol. The van der Waals surface area contributed by atoms with Crippen LogP contribution in [0.25, 0.3) is 0 Å². The first-order chi connectivity index (χ1) is 13.1. The predicted molar refractivity (Wildman–Crippen MR) is 99.1 cm³/mol. The SMILES string of the molecule is CC(C)N(Cc1ccc2c(c1)OCO2)C(=O)CCc1ccc2c(c1)OCO2. The van der Waals surface area contributed by atoms with Gasteiger partial charge >= 0.3 is 0 Å². The highest BCUT2D eigenvalue weighted by atomic mass is 16.7. The molecule has 2 aliphatic rings. The standard InChI is InChI=1S/C21H23NO5/c1-14(2)22(11-16-4-7-18-20(10-16)27-13-25-18)21(23)8-5-15-3-6-17-19(9-15)26-12-24-17/h3-4,6-7,9-10,14H,5,8,11-13H2,1-2H3. The molecule has 27 heavy (non-hydrogen) atoms. The van der Waals surface area contributed by atoms with Crippen LogP contribution in [0.3, 0.4) is 0 Å². The van der Waals surface area contributed by atoms with Gasteiger partial charge in [0.2, 0.25) is 19.5 Å². The number of fused-ring (bicyclic) bond motifs is 2. The van der Waals surface area contributed by atoms with Crippen molar-refractivity contribution in [2.45, 2.75) is 39.3 Å². The maximum atomic E-state index is 12.8. The summed E-state index contributed by atoms with van der Waals surface area (Å²) in [6.07, 6.45) is 1.11. The normalized spacial score (nSPS) is 13.9. The molecule has 2 aromatic rings. The summed E-state index contributed by atoms with van der Waals surface area (Å²) >= 11 is 0. The molecule has 0 aliphatic carbocycles. The third-order valence-electron chi connectivity index (χ3n) is 4.80. The van der Waals surface area contributed by atoms with E-state index in [4.69, 9.17) is 18.9 Å². The van der Waals surface area contributed by atoms with Crippen molar-refractivity contribution in [2.75, 3.05) is 13.6 Å². The molecule has 0 fully saturated rings. The first-order valence-electron chi connectivity index (χ1n) is 9.16. The van der Waals surface area contributed by atoms with Crippen molar-refractivity contribution in [2.24, 2.45) is 0 Å². The van der Waals surface area contributed by atoms with Crippen molar-refractivity contribution in [3.63, 3.8) is 0 Å². The summed E-state index contributed by atoms with van der Waals surface area (Å²) in [7, 11) is 0. The Morgan fingerprint density at radius 2 is 1.44 bits per heavy atom. The molecule has 2 aliphatic heterocycles. The van der Waals surface area contributed by atoms with Crippen LogP contribution in [0, 0.1) is 0 Å². The Labute approximate surface area is 158 Å². The third kappa shape index (κ3) is 3.79. The highest BCUT2D eigenvalue weighted by Gasteiger charge is 2.20. The molecule has 6 nitrogen and oxygen atoms in total. The van der Waals surface area contributed by atoms with Crippen molar-refractivity contribution in [3.8, 4) is 23.0 Å². The molecule has 142 valence electrons. The van der Waals surface area contributed by atoms with Gasteiger partial charge in [-0.3, -0.25) is 4.79 Å². The van der Waals surface area contributed by atoms with Gasteiger partial charge in [-0.1, -0.05) is 12.1 Å². The van der Waals surface area contributed by atoms with E-state index in [0.717, 1.165) is 34.1 Å². The molecule has 2 heterocycles. The smallest absolute Gasteiger partial charge is 0.231 e. The fraction of sp³-hybridized carbons (Fsp3) is 0.381. The molecule has 0 radical (unpaired) electrons. The van der Waals surface area contributed by atoms with Gasteiger partial charge in [0.1, 0.15) is 0 Å². The van der Waals surface area contributed by atoms with Crippen LogP contribution < -0.4 is 18.9 Å². The van der Waals surface area contributed by atoms with Crippen LogP contribution in [-0.4, -0.2) is 30.4 Å². The Hall–Kier alpha value is -2.89. The topological polar surface area (TPSA) is 57.2 Å². The van der Waals surface area contributed by atoms with Crippen molar-refractivity contribution in [1.82, 2.24) is 4.90 Å². The minimum atomic E-state index is 0.111. The number of rotatable bonds is 6. The van der Waals surface area contributed by atoms with E-state index in [1.165, 1.54) is 0 Å². The second-order valence-corrected chi connectivity index (χ2v) is 6.99. The molecule has 0 saturated carbocycles. The Balaban J connectivity index is 1.40. The van der Waals surface area contributed by atoms with Crippen molar-refractivity contribution >= 4 is 5.91 Å². The number of hydrogen-bond donors (Lipinski definition) is 0. The van der Waals surface area contributed by atoms with E-state index in [9.17, 15) is 4.79 Å². The third-order valence-corrected chi connectivity index (χ3v) is 4.80. The Morgan fingerprint density at radius 1 is 0.889 bits per heavy atom. The van der Waals surface area contributed by atoms with E-state index >= 15 is 0 Å². The molecule has 0 saturated heterocycles. The fourth-order valence-corrected chi connectivity index (χ4v) is 3.29. The highest BCUT2D eigenvalue weighted by Crippen LogP contribution is 2.34. The van der Waals surface area contributed by atoms with Crippen LogP contribution >= 0.6 is 0 Å². The van der Waals surface area contributed by atoms with Crippen molar-refractivity contribution in [1.29, 1.82) is 0 Å². The molecule has 0 spiro atoms. The van der Waals surface area contributed by atoms with Gasteiger partial charge < -0.3 is 23.8 Å². The zero-order chi connectivity index (χ0) is 18.8. The second kappa shape index (κ2) is 7.39. The minimum Gasteiger partial charge on any atom is -0.454 e. The molecule has 0 unspecified atom stereocenters. The van der Waals surface area contributed by atoms with E-state index in [2.05, 4.69) is 0 Å². The summed E-state index contributed by atoms with van der Waals surface area (Å²) in [5.74, 6) is 3.13. The van der Waals surface area contributed by atoms with Gasteiger partial charge in [-0.15, -0.1) is 0 Å². The van der Waals surface area contributed by atoms with Gasteiger partial charge in [0.05, 0.1) is 0 Å². The monoisotopic (exact) mass is 369 g/mol. The van der Waals surface area contributed by atoms with E-state index < -0.39 is 0 Å². The summed E-state index contributed by atoms with van der Waals surface area (Å²) in [4.78, 5) is 14.7. The van der Waals surface area contributed by atoms with Crippen LogP contribution in [0.2, 0.25) is 0 Å². The Kier molecular flexibility index (Phi) is 4.79. The number of nitrogens with zero attached hydrogens (tertiary/aromatic N) is 1. The van der Waals surface area contributed by atoms with Crippen LogP contribution in [-0.2, 0) is 17.8 Å². The first-order valence-corrected chi connectivity index (χ1v) is 9.16. The number of carbonyl (C=O) groups is 1. The lowest BCUT2D eigenvalue weighted by Gasteiger charge is -2.27. The summed E-state index contributed by atoms with van der Waals surface area (Å²) in [6, 6.07) is 11.8. The largest absolute Gasteiger partial charge is 0.454 e. The average molecular weight is 369 g/mol. The number of hydrogen-bond acceptors (Lipinski definition) is 5. The molecule has 4 rings (SSSR count). The average Bonchev–Trinajstić information content (AvgIpc) is 3.31. The van der Waals surface area contributed by atoms with Crippen LogP contribution in [0.5, 0.6) is 23.0 Å². The number of aryl methyl sites for hydroxylation is 1. The Bertz CT molecular complexity index is 848. The molecule has 0 aromatic heterocycles. The molecule has 2 aromatic carbocycles. The minimum absolute atomic E-state index is 0.111. The molecule has 0 N–H and O–H groups in total. The predicted octanol–water partition coefficient (Wildman–Crippen LogP) is 3.51. The first kappa shape index (κ1) is 17.5. The lowest BCUT2D eigenvalue weighted by Crippen LogP contribution is -2.36. The van der Waals surface area contributed by atoms with Gasteiger partial charge in [0.15, 0.2) is 23.0 Å². The molecular formula is C21H23NO5. The number of ether oxygens (including phenoxy) is 4. The van der Waals surface area contributed by atoms with Gasteiger partial charge in [-0.25, -0.2) is 0 Å². The highest BCUT2D eigenvalue weighted by molar-refractivity contribution is 5.76. The van der Waals surface area contributed by atoms with Crippen LogP contribution in [0.1, 0.15) is 31.4 Å². The van der Waals surface area contributed by atoms with Gasteiger partial charge in [-0.05, 0) is 55.7 Å². The zero-order valence-electron chi connectivity index (χ0n) is 15.6. The molecule has 6 heteroatoms. The van der Waals surface area contributed by atoms with Gasteiger partial charge in [-0.2, -0.15) is 0 Å². The summed E-state index contributed by atoms with van der Waals surface area (Å²) < 4.78 is 21.5. The summed E-state index contributed by atoms with van der Waals surface area (Å²) in [6.45, 7) is 5.13. The molecule has 1 amide bonds. The lowest BCUT2D eigenvalue weighted by atomic mass is 10.1. The van der Waals surface area contributed by atoms with E-state index in [1.54, 1.807) is 0 Å². The van der Waals surface area contributed by atoms with Crippen molar-refractivity contribution < 1.29 is 23.7 Å².